The predicted molar refractivity (Wildman–Crippen MR) is 69.2 cm³/mol. The molecule has 0 spiro atoms. The van der Waals surface area contributed by atoms with Gasteiger partial charge in [0.15, 0.2) is 11.6 Å². The molecular weight excluding hydrogens is 262 g/mol. The number of hydrogen-bond donors (Lipinski definition) is 1. The zero-order valence-electron chi connectivity index (χ0n) is 11.7. The second kappa shape index (κ2) is 6.33. The maximum atomic E-state index is 12.0. The first kappa shape index (κ1) is 14.3. The summed E-state index contributed by atoms with van der Waals surface area (Å²) < 4.78 is 15.2. The Balaban J connectivity index is 1.97. The highest BCUT2D eigenvalue weighted by molar-refractivity contribution is 5.92. The minimum Gasteiger partial charge on any atom is -0.459 e. The van der Waals surface area contributed by atoms with Gasteiger partial charge in [-0.3, -0.25) is 4.79 Å². The molecular formula is C13H17N3O4. The quantitative estimate of drug-likeness (QED) is 0.864. The van der Waals surface area contributed by atoms with Crippen molar-refractivity contribution >= 4 is 5.91 Å². The van der Waals surface area contributed by atoms with Crippen molar-refractivity contribution in [3.63, 3.8) is 0 Å². The number of nitrogens with zero attached hydrogens (tertiary/aromatic N) is 2. The molecule has 20 heavy (non-hydrogen) atoms. The standard InChI is InChI=1S/C13H17N3O4/c1-8-4-7-19-11(8)12(17)14-9(2)13-15-10(16-20-13)5-6-18-3/h4,7,9H,5-6H2,1-3H3,(H,14,17). The molecule has 0 aliphatic rings. The van der Waals surface area contributed by atoms with Crippen LogP contribution in [0, 0.1) is 6.92 Å². The summed E-state index contributed by atoms with van der Waals surface area (Å²) in [4.78, 5) is 16.2. The average Bonchev–Trinajstić information content (AvgIpc) is 3.04. The number of aromatic nitrogens is 2. The Kier molecular flexibility index (Phi) is 4.52. The molecule has 2 aromatic rings. The molecule has 0 radical (unpaired) electrons. The Bertz CT molecular complexity index is 576. The molecule has 1 N–H and O–H groups in total. The number of ether oxygens (including phenoxy) is 1. The van der Waals surface area contributed by atoms with Gasteiger partial charge in [-0.1, -0.05) is 5.16 Å². The van der Waals surface area contributed by atoms with Crippen LogP contribution in [0.5, 0.6) is 0 Å². The lowest BCUT2D eigenvalue weighted by Crippen LogP contribution is -2.27. The first-order chi connectivity index (χ1) is 9.61. The van der Waals surface area contributed by atoms with Gasteiger partial charge in [0.25, 0.3) is 5.91 Å². The summed E-state index contributed by atoms with van der Waals surface area (Å²) in [6.07, 6.45) is 2.04. The topological polar surface area (TPSA) is 90.4 Å². The molecule has 1 unspecified atom stereocenters. The number of amides is 1. The average molecular weight is 279 g/mol. The van der Waals surface area contributed by atoms with Crippen LogP contribution in [0.25, 0.3) is 0 Å². The number of carbonyl (C=O) groups excluding carboxylic acids is 1. The van der Waals surface area contributed by atoms with Crippen molar-refractivity contribution in [3.05, 3.63) is 35.4 Å². The largest absolute Gasteiger partial charge is 0.459 e. The lowest BCUT2D eigenvalue weighted by molar-refractivity contribution is 0.0903. The Morgan fingerprint density at radius 1 is 1.55 bits per heavy atom. The summed E-state index contributed by atoms with van der Waals surface area (Å²) in [5.41, 5.74) is 0.779. The third-order valence-corrected chi connectivity index (χ3v) is 2.80. The molecule has 7 nitrogen and oxygen atoms in total. The third kappa shape index (κ3) is 3.24. The van der Waals surface area contributed by atoms with E-state index in [2.05, 4.69) is 15.5 Å². The van der Waals surface area contributed by atoms with Gasteiger partial charge in [0.05, 0.1) is 12.9 Å². The molecule has 0 aromatic carbocycles. The van der Waals surface area contributed by atoms with E-state index in [0.717, 1.165) is 5.56 Å². The zero-order chi connectivity index (χ0) is 14.5. The number of aryl methyl sites for hydroxylation is 1. The summed E-state index contributed by atoms with van der Waals surface area (Å²) in [5.74, 6) is 0.887. The van der Waals surface area contributed by atoms with E-state index in [0.29, 0.717) is 24.7 Å². The van der Waals surface area contributed by atoms with Gasteiger partial charge in [-0.15, -0.1) is 0 Å². The summed E-state index contributed by atoms with van der Waals surface area (Å²) in [6, 6.07) is 1.34. The van der Waals surface area contributed by atoms with Gasteiger partial charge in [0, 0.05) is 19.1 Å². The van der Waals surface area contributed by atoms with Crippen LogP contribution in [0.4, 0.5) is 0 Å². The number of rotatable bonds is 6. The highest BCUT2D eigenvalue weighted by Crippen LogP contribution is 2.13. The lowest BCUT2D eigenvalue weighted by atomic mass is 10.2. The minimum absolute atomic E-state index is 0.288. The lowest BCUT2D eigenvalue weighted by Gasteiger charge is -2.08. The van der Waals surface area contributed by atoms with Crippen LogP contribution in [0.2, 0.25) is 0 Å². The van der Waals surface area contributed by atoms with Crippen LogP contribution >= 0.6 is 0 Å². The number of nitrogens with one attached hydrogen (secondary N) is 1. The Hall–Kier alpha value is -2.15. The van der Waals surface area contributed by atoms with Gasteiger partial charge in [-0.2, -0.15) is 4.98 Å². The van der Waals surface area contributed by atoms with Crippen molar-refractivity contribution < 1.29 is 18.5 Å². The summed E-state index contributed by atoms with van der Waals surface area (Å²) >= 11 is 0. The maximum Gasteiger partial charge on any atom is 0.287 e. The predicted octanol–water partition coefficient (Wildman–Crippen LogP) is 1.65. The Morgan fingerprint density at radius 2 is 2.35 bits per heavy atom. The second-order valence-corrected chi connectivity index (χ2v) is 4.42. The smallest absolute Gasteiger partial charge is 0.287 e. The monoisotopic (exact) mass is 279 g/mol. The fraction of sp³-hybridized carbons (Fsp3) is 0.462. The van der Waals surface area contributed by atoms with Crippen molar-refractivity contribution in [2.45, 2.75) is 26.3 Å². The molecule has 0 bridgehead atoms. The molecule has 0 fully saturated rings. The second-order valence-electron chi connectivity index (χ2n) is 4.42. The van der Waals surface area contributed by atoms with E-state index in [4.69, 9.17) is 13.7 Å². The first-order valence-electron chi connectivity index (χ1n) is 6.28. The van der Waals surface area contributed by atoms with Crippen molar-refractivity contribution in [2.75, 3.05) is 13.7 Å². The van der Waals surface area contributed by atoms with Crippen molar-refractivity contribution in [1.82, 2.24) is 15.5 Å². The number of furan rings is 1. The molecule has 0 aliphatic heterocycles. The molecule has 0 saturated heterocycles. The van der Waals surface area contributed by atoms with E-state index in [1.165, 1.54) is 6.26 Å². The molecule has 7 heteroatoms. The molecule has 0 saturated carbocycles. The first-order valence-corrected chi connectivity index (χ1v) is 6.28. The number of methoxy groups -OCH3 is 1. The van der Waals surface area contributed by atoms with Crippen LogP contribution in [0.1, 0.15) is 40.8 Å². The van der Waals surface area contributed by atoms with Crippen LogP contribution in [-0.4, -0.2) is 29.8 Å². The molecule has 108 valence electrons. The van der Waals surface area contributed by atoms with E-state index in [1.54, 1.807) is 27.0 Å². The SMILES string of the molecule is COCCc1noc(C(C)NC(=O)c2occc2C)n1. The molecule has 2 heterocycles. The van der Waals surface area contributed by atoms with Crippen LogP contribution < -0.4 is 5.32 Å². The van der Waals surface area contributed by atoms with Gasteiger partial charge in [-0.25, -0.2) is 0 Å². The molecule has 2 rings (SSSR count). The van der Waals surface area contributed by atoms with Gasteiger partial charge in [0.1, 0.15) is 6.04 Å². The Labute approximate surface area is 116 Å². The maximum absolute atomic E-state index is 12.0. The van der Waals surface area contributed by atoms with E-state index in [1.807, 2.05) is 0 Å². The van der Waals surface area contributed by atoms with E-state index in [-0.39, 0.29) is 11.7 Å². The molecule has 2 aromatic heterocycles. The van der Waals surface area contributed by atoms with Crippen molar-refractivity contribution in [3.8, 4) is 0 Å². The van der Waals surface area contributed by atoms with Crippen molar-refractivity contribution in [2.24, 2.45) is 0 Å². The van der Waals surface area contributed by atoms with Crippen molar-refractivity contribution in [1.29, 1.82) is 0 Å². The van der Waals surface area contributed by atoms with E-state index >= 15 is 0 Å². The summed E-state index contributed by atoms with van der Waals surface area (Å²) in [5, 5.41) is 6.57. The van der Waals surface area contributed by atoms with Gasteiger partial charge < -0.3 is 19.0 Å². The minimum atomic E-state index is -0.393. The Morgan fingerprint density at radius 3 is 3.00 bits per heavy atom. The fourth-order valence-electron chi connectivity index (χ4n) is 1.67. The van der Waals surface area contributed by atoms with Gasteiger partial charge >= 0.3 is 0 Å². The molecule has 1 amide bonds. The fourth-order valence-corrected chi connectivity index (χ4v) is 1.67. The molecule has 1 atom stereocenters. The molecule has 0 aliphatic carbocycles. The summed E-state index contributed by atoms with van der Waals surface area (Å²) in [7, 11) is 1.61. The zero-order valence-corrected chi connectivity index (χ0v) is 11.7. The van der Waals surface area contributed by atoms with Crippen LogP contribution in [0.3, 0.4) is 0 Å². The van der Waals surface area contributed by atoms with Gasteiger partial charge in [-0.05, 0) is 19.9 Å². The highest BCUT2D eigenvalue weighted by atomic mass is 16.5. The van der Waals surface area contributed by atoms with Gasteiger partial charge in [0.2, 0.25) is 5.89 Å². The number of carbonyl (C=O) groups is 1. The van der Waals surface area contributed by atoms with Crippen LogP contribution in [-0.2, 0) is 11.2 Å². The highest BCUT2D eigenvalue weighted by Gasteiger charge is 2.20. The van der Waals surface area contributed by atoms with E-state index < -0.39 is 6.04 Å². The third-order valence-electron chi connectivity index (χ3n) is 2.80. The number of hydrogen-bond acceptors (Lipinski definition) is 6. The van der Waals surface area contributed by atoms with E-state index in [9.17, 15) is 4.79 Å². The van der Waals surface area contributed by atoms with Crippen LogP contribution in [0.15, 0.2) is 21.3 Å². The normalized spacial score (nSPS) is 12.3. The summed E-state index contributed by atoms with van der Waals surface area (Å²) in [6.45, 7) is 4.09.